The van der Waals surface area contributed by atoms with Gasteiger partial charge >= 0.3 is 5.97 Å². The molecule has 2 aliphatic rings. The molecule has 1 atom stereocenters. The number of nitrogens with zero attached hydrogens (tertiary/aromatic N) is 3. The lowest BCUT2D eigenvalue weighted by Gasteiger charge is -2.36. The van der Waals surface area contributed by atoms with E-state index in [0.29, 0.717) is 30.0 Å². The number of benzene rings is 2. The average Bonchev–Trinajstić information content (AvgIpc) is 3.29. The van der Waals surface area contributed by atoms with Gasteiger partial charge in [0.15, 0.2) is 5.17 Å². The number of esters is 1. The summed E-state index contributed by atoms with van der Waals surface area (Å²) in [6.45, 7) is 3.28. The number of ether oxygens (including phenoxy) is 2. The molecule has 0 aromatic heterocycles. The van der Waals surface area contributed by atoms with Crippen molar-refractivity contribution < 1.29 is 19.1 Å². The topological polar surface area (TPSA) is 83.5 Å². The van der Waals surface area contributed by atoms with Crippen LogP contribution >= 0.6 is 11.8 Å². The number of rotatable bonds is 10. The Morgan fingerprint density at radius 2 is 1.86 bits per heavy atom. The Morgan fingerprint density at radius 1 is 1.11 bits per heavy atom. The first-order chi connectivity index (χ1) is 17.9. The Kier molecular flexibility index (Phi) is 8.68. The highest BCUT2D eigenvalue weighted by Crippen LogP contribution is 2.46. The number of nitrogens with one attached hydrogen (secondary N) is 1. The number of amidine groups is 1. The zero-order valence-corrected chi connectivity index (χ0v) is 22.4. The van der Waals surface area contributed by atoms with Crippen LogP contribution in [0.4, 0.5) is 0 Å². The molecule has 9 heteroatoms. The van der Waals surface area contributed by atoms with Crippen LogP contribution in [0.1, 0.15) is 31.4 Å². The Hall–Kier alpha value is -3.56. The molecule has 0 aliphatic carbocycles. The van der Waals surface area contributed by atoms with E-state index in [1.807, 2.05) is 90.8 Å². The number of allylic oxidation sites excluding steroid dienone is 1. The van der Waals surface area contributed by atoms with Crippen molar-refractivity contribution in [3.63, 3.8) is 0 Å². The molecule has 0 fully saturated rings. The maximum atomic E-state index is 13.1. The fourth-order valence-electron chi connectivity index (χ4n) is 4.25. The van der Waals surface area contributed by atoms with Gasteiger partial charge in [0.1, 0.15) is 11.5 Å². The van der Waals surface area contributed by atoms with Crippen LogP contribution in [0.15, 0.2) is 82.0 Å². The standard InChI is InChI=1S/C28H32N4O4S/c1-5-23-25(27(34)35-4)26(19-10-9-13-22(16-19)36-21-11-7-6-8-12-21)32-20(18-37-28(32)30-23)17-24(33)29-14-15-31(2)3/h6-13,16,18,26H,5,14-15,17H2,1-4H3,(H,29,33). The number of hydrogen-bond donors (Lipinski definition) is 1. The first kappa shape index (κ1) is 26.5. The summed E-state index contributed by atoms with van der Waals surface area (Å²) in [7, 11) is 5.30. The quantitative estimate of drug-likeness (QED) is 0.455. The van der Waals surface area contributed by atoms with Crippen molar-refractivity contribution in [3.05, 3.63) is 82.5 Å². The van der Waals surface area contributed by atoms with Crippen LogP contribution in [0.5, 0.6) is 11.5 Å². The number of carbonyl (C=O) groups is 2. The molecular weight excluding hydrogens is 488 g/mol. The first-order valence-electron chi connectivity index (χ1n) is 12.2. The van der Waals surface area contributed by atoms with Crippen LogP contribution in [0, 0.1) is 0 Å². The van der Waals surface area contributed by atoms with Gasteiger partial charge in [0.2, 0.25) is 5.91 Å². The smallest absolute Gasteiger partial charge is 0.338 e. The summed E-state index contributed by atoms with van der Waals surface area (Å²) in [5.74, 6) is 0.842. The first-order valence-corrected chi connectivity index (χ1v) is 13.1. The zero-order valence-electron chi connectivity index (χ0n) is 21.6. The van der Waals surface area contributed by atoms with Gasteiger partial charge < -0.3 is 24.6 Å². The molecule has 0 spiro atoms. The minimum atomic E-state index is -0.509. The van der Waals surface area contributed by atoms with Gasteiger partial charge in [-0.25, -0.2) is 9.79 Å². The number of thioether (sulfide) groups is 1. The van der Waals surface area contributed by atoms with E-state index in [1.165, 1.54) is 18.9 Å². The molecule has 1 unspecified atom stereocenters. The molecule has 4 rings (SSSR count). The summed E-state index contributed by atoms with van der Waals surface area (Å²) < 4.78 is 11.3. The molecule has 194 valence electrons. The molecule has 2 aliphatic heterocycles. The van der Waals surface area contributed by atoms with Gasteiger partial charge in [-0.1, -0.05) is 49.0 Å². The van der Waals surface area contributed by atoms with Crippen molar-refractivity contribution in [1.29, 1.82) is 0 Å². The monoisotopic (exact) mass is 520 g/mol. The van der Waals surface area contributed by atoms with Crippen molar-refractivity contribution in [2.24, 2.45) is 4.99 Å². The number of hydrogen-bond acceptors (Lipinski definition) is 8. The molecule has 2 aromatic rings. The third-order valence-electron chi connectivity index (χ3n) is 6.00. The highest BCUT2D eigenvalue weighted by atomic mass is 32.2. The van der Waals surface area contributed by atoms with E-state index in [0.717, 1.165) is 28.7 Å². The third-order valence-corrected chi connectivity index (χ3v) is 6.89. The predicted molar refractivity (Wildman–Crippen MR) is 146 cm³/mol. The van der Waals surface area contributed by atoms with Gasteiger partial charge in [-0.2, -0.15) is 0 Å². The SMILES string of the molecule is CCC1=C(C(=O)OC)C(c2cccc(Oc3ccccc3)c2)N2C(CC(=O)NCCN(C)C)=CSC2=N1. The molecule has 37 heavy (non-hydrogen) atoms. The Morgan fingerprint density at radius 3 is 2.57 bits per heavy atom. The maximum absolute atomic E-state index is 13.1. The predicted octanol–water partition coefficient (Wildman–Crippen LogP) is 4.68. The lowest BCUT2D eigenvalue weighted by atomic mass is 9.92. The minimum absolute atomic E-state index is 0.0836. The molecule has 8 nitrogen and oxygen atoms in total. The summed E-state index contributed by atoms with van der Waals surface area (Å²) in [6, 6.07) is 16.7. The number of para-hydroxylation sites is 1. The van der Waals surface area contributed by atoms with Crippen LogP contribution in [-0.4, -0.2) is 61.1 Å². The summed E-state index contributed by atoms with van der Waals surface area (Å²) in [5, 5.41) is 5.65. The fourth-order valence-corrected chi connectivity index (χ4v) is 5.18. The molecule has 0 saturated carbocycles. The van der Waals surface area contributed by atoms with E-state index in [1.54, 1.807) is 0 Å². The van der Waals surface area contributed by atoms with Gasteiger partial charge in [0, 0.05) is 18.8 Å². The summed E-state index contributed by atoms with van der Waals surface area (Å²) >= 11 is 1.46. The Balaban J connectivity index is 1.68. The van der Waals surface area contributed by atoms with E-state index >= 15 is 0 Å². The minimum Gasteiger partial charge on any atom is -0.466 e. The molecule has 0 bridgehead atoms. The Bertz CT molecular complexity index is 1240. The zero-order chi connectivity index (χ0) is 26.4. The van der Waals surface area contributed by atoms with E-state index in [9.17, 15) is 9.59 Å². The normalized spacial score (nSPS) is 16.8. The molecular formula is C28H32N4O4S. The molecule has 0 radical (unpaired) electrons. The second kappa shape index (κ2) is 12.1. The van der Waals surface area contributed by atoms with Crippen molar-refractivity contribution in [2.75, 3.05) is 34.3 Å². The van der Waals surface area contributed by atoms with Gasteiger partial charge in [-0.3, -0.25) is 4.79 Å². The highest BCUT2D eigenvalue weighted by molar-refractivity contribution is 8.16. The van der Waals surface area contributed by atoms with Gasteiger partial charge in [-0.05, 0) is 55.8 Å². The molecule has 1 amide bonds. The number of likely N-dealkylation sites (N-methyl/N-ethyl adjacent to an activating group) is 1. The average molecular weight is 521 g/mol. The lowest BCUT2D eigenvalue weighted by Crippen LogP contribution is -2.38. The summed E-state index contributed by atoms with van der Waals surface area (Å²) in [4.78, 5) is 34.7. The van der Waals surface area contributed by atoms with E-state index in [4.69, 9.17) is 14.5 Å². The van der Waals surface area contributed by atoms with Gasteiger partial charge in [0.05, 0.1) is 30.8 Å². The summed E-state index contributed by atoms with van der Waals surface area (Å²) in [5.41, 5.74) is 2.76. The van der Waals surface area contributed by atoms with Crippen molar-refractivity contribution >= 4 is 28.8 Å². The van der Waals surface area contributed by atoms with Crippen molar-refractivity contribution in [3.8, 4) is 11.5 Å². The number of amides is 1. The van der Waals surface area contributed by atoms with Crippen molar-refractivity contribution in [2.45, 2.75) is 25.8 Å². The van der Waals surface area contributed by atoms with Crippen LogP contribution in [0.25, 0.3) is 0 Å². The number of carbonyl (C=O) groups excluding carboxylic acids is 2. The van der Waals surface area contributed by atoms with E-state index in [-0.39, 0.29) is 12.3 Å². The number of fused-ring (bicyclic) bond motifs is 1. The molecule has 0 saturated heterocycles. The number of aliphatic imine (C=N–C) groups is 1. The second-order valence-electron chi connectivity index (χ2n) is 8.92. The Labute approximate surface area is 222 Å². The van der Waals surface area contributed by atoms with Crippen LogP contribution in [-0.2, 0) is 14.3 Å². The van der Waals surface area contributed by atoms with E-state index in [2.05, 4.69) is 5.32 Å². The highest BCUT2D eigenvalue weighted by Gasteiger charge is 2.41. The van der Waals surface area contributed by atoms with E-state index < -0.39 is 12.0 Å². The molecule has 1 N–H and O–H groups in total. The van der Waals surface area contributed by atoms with Crippen molar-refractivity contribution in [1.82, 2.24) is 15.1 Å². The largest absolute Gasteiger partial charge is 0.466 e. The third kappa shape index (κ3) is 6.23. The maximum Gasteiger partial charge on any atom is 0.338 e. The van der Waals surface area contributed by atoms with Crippen LogP contribution < -0.4 is 10.1 Å². The van der Waals surface area contributed by atoms with Crippen LogP contribution in [0.2, 0.25) is 0 Å². The van der Waals surface area contributed by atoms with Gasteiger partial charge in [-0.15, -0.1) is 0 Å². The molecule has 2 aromatic carbocycles. The summed E-state index contributed by atoms with van der Waals surface area (Å²) in [6.07, 6.45) is 0.742. The lowest BCUT2D eigenvalue weighted by molar-refractivity contribution is -0.136. The second-order valence-corrected chi connectivity index (χ2v) is 9.75. The number of methoxy groups -OCH3 is 1. The fraction of sp³-hybridized carbons (Fsp3) is 0.321. The van der Waals surface area contributed by atoms with Crippen LogP contribution in [0.3, 0.4) is 0 Å². The van der Waals surface area contributed by atoms with Gasteiger partial charge in [0.25, 0.3) is 0 Å². The molecule has 2 heterocycles.